The number of thioether (sulfide) groups is 1. The first-order chi connectivity index (χ1) is 7.90. The summed E-state index contributed by atoms with van der Waals surface area (Å²) in [4.78, 5) is 4.12. The topological polar surface area (TPSA) is 38.1 Å². The summed E-state index contributed by atoms with van der Waals surface area (Å²) >= 11 is 1.73. The van der Waals surface area contributed by atoms with E-state index in [9.17, 15) is 0 Å². The van der Waals surface area contributed by atoms with Crippen LogP contribution in [-0.2, 0) is 0 Å². The zero-order valence-electron chi connectivity index (χ0n) is 9.82. The monoisotopic (exact) mass is 240 g/mol. The van der Waals surface area contributed by atoms with Gasteiger partial charge in [0.1, 0.15) is 6.26 Å². The molecular formula is C12H20N2OS. The second kappa shape index (κ2) is 6.30. The van der Waals surface area contributed by atoms with Crippen LogP contribution in [0.3, 0.4) is 0 Å². The largest absolute Gasteiger partial charge is 0.440 e. The van der Waals surface area contributed by atoms with Crippen LogP contribution in [0.4, 0.5) is 0 Å². The van der Waals surface area contributed by atoms with Crippen LogP contribution >= 0.6 is 11.8 Å². The third-order valence-electron chi connectivity index (χ3n) is 3.25. The second-order valence-corrected chi connectivity index (χ2v) is 5.34. The molecule has 4 heteroatoms. The molecule has 0 saturated heterocycles. The van der Waals surface area contributed by atoms with Crippen molar-refractivity contribution in [1.29, 1.82) is 0 Å². The third-order valence-corrected chi connectivity index (χ3v) is 4.14. The normalized spacial score (nSPS) is 25.1. The highest BCUT2D eigenvalue weighted by Gasteiger charge is 2.25. The van der Waals surface area contributed by atoms with Crippen molar-refractivity contribution in [3.05, 3.63) is 12.5 Å². The minimum absolute atomic E-state index is 0.746. The van der Waals surface area contributed by atoms with Gasteiger partial charge in [0.15, 0.2) is 0 Å². The predicted molar refractivity (Wildman–Crippen MR) is 66.6 cm³/mol. The third kappa shape index (κ3) is 3.25. The molecule has 0 amide bonds. The molecule has 1 fully saturated rings. The summed E-state index contributed by atoms with van der Waals surface area (Å²) in [7, 11) is 0. The summed E-state index contributed by atoms with van der Waals surface area (Å²) in [6.07, 6.45) is 8.72. The van der Waals surface area contributed by atoms with Gasteiger partial charge in [0, 0.05) is 11.8 Å². The molecule has 0 aliphatic heterocycles. The first kappa shape index (κ1) is 12.0. The van der Waals surface area contributed by atoms with Crippen LogP contribution in [0.25, 0.3) is 0 Å². The van der Waals surface area contributed by atoms with Crippen molar-refractivity contribution in [1.82, 2.24) is 10.3 Å². The number of oxazole rings is 1. The summed E-state index contributed by atoms with van der Waals surface area (Å²) in [6, 6.07) is 0.746. The van der Waals surface area contributed by atoms with Gasteiger partial charge in [-0.05, 0) is 31.7 Å². The van der Waals surface area contributed by atoms with Crippen molar-refractivity contribution >= 4 is 11.8 Å². The van der Waals surface area contributed by atoms with Crippen molar-refractivity contribution in [3.8, 4) is 0 Å². The van der Waals surface area contributed by atoms with Gasteiger partial charge in [-0.1, -0.05) is 25.1 Å². The maximum absolute atomic E-state index is 5.21. The first-order valence-electron chi connectivity index (χ1n) is 6.16. The van der Waals surface area contributed by atoms with E-state index in [4.69, 9.17) is 4.42 Å². The smallest absolute Gasteiger partial charge is 0.255 e. The van der Waals surface area contributed by atoms with Crippen molar-refractivity contribution in [2.45, 2.75) is 43.9 Å². The van der Waals surface area contributed by atoms with Gasteiger partial charge >= 0.3 is 0 Å². The fourth-order valence-corrected chi connectivity index (χ4v) is 3.35. The zero-order chi connectivity index (χ0) is 11.2. The molecule has 1 aromatic rings. The Bertz CT molecular complexity index is 289. The Morgan fingerprint density at radius 3 is 3.25 bits per heavy atom. The number of hydrogen-bond acceptors (Lipinski definition) is 4. The molecule has 1 N–H and O–H groups in total. The molecule has 1 aliphatic carbocycles. The van der Waals surface area contributed by atoms with E-state index < -0.39 is 0 Å². The molecule has 0 aromatic carbocycles. The minimum Gasteiger partial charge on any atom is -0.440 e. The van der Waals surface area contributed by atoms with Crippen molar-refractivity contribution < 1.29 is 4.42 Å². The molecule has 0 spiro atoms. The molecule has 3 nitrogen and oxygen atoms in total. The number of rotatable bonds is 6. The van der Waals surface area contributed by atoms with Crippen molar-refractivity contribution in [2.24, 2.45) is 5.92 Å². The zero-order valence-corrected chi connectivity index (χ0v) is 10.6. The molecule has 16 heavy (non-hydrogen) atoms. The van der Waals surface area contributed by atoms with Crippen LogP contribution in [0.15, 0.2) is 22.1 Å². The van der Waals surface area contributed by atoms with E-state index in [0.29, 0.717) is 0 Å². The van der Waals surface area contributed by atoms with E-state index >= 15 is 0 Å². The van der Waals surface area contributed by atoms with Gasteiger partial charge in [-0.2, -0.15) is 0 Å². The quantitative estimate of drug-likeness (QED) is 0.776. The average molecular weight is 240 g/mol. The van der Waals surface area contributed by atoms with Gasteiger partial charge in [-0.3, -0.25) is 0 Å². The molecule has 0 bridgehead atoms. The maximum Gasteiger partial charge on any atom is 0.255 e. The average Bonchev–Trinajstić information content (AvgIpc) is 2.91. The van der Waals surface area contributed by atoms with Crippen LogP contribution in [0, 0.1) is 5.92 Å². The van der Waals surface area contributed by atoms with Gasteiger partial charge in [0.2, 0.25) is 0 Å². The van der Waals surface area contributed by atoms with E-state index in [1.54, 1.807) is 24.2 Å². The molecule has 1 saturated carbocycles. The second-order valence-electron chi connectivity index (χ2n) is 4.29. The van der Waals surface area contributed by atoms with Crippen LogP contribution in [0.5, 0.6) is 0 Å². The molecule has 2 atom stereocenters. The van der Waals surface area contributed by atoms with Crippen LogP contribution < -0.4 is 5.32 Å². The molecule has 2 unspecified atom stereocenters. The lowest BCUT2D eigenvalue weighted by molar-refractivity contribution is 0.399. The highest BCUT2D eigenvalue weighted by molar-refractivity contribution is 7.99. The fourth-order valence-electron chi connectivity index (χ4n) is 2.49. The minimum atomic E-state index is 0.746. The van der Waals surface area contributed by atoms with Crippen LogP contribution in [0.2, 0.25) is 0 Å². The maximum atomic E-state index is 5.21. The van der Waals surface area contributed by atoms with Crippen molar-refractivity contribution in [3.63, 3.8) is 0 Å². The van der Waals surface area contributed by atoms with Gasteiger partial charge in [0.25, 0.3) is 5.22 Å². The van der Waals surface area contributed by atoms with Crippen molar-refractivity contribution in [2.75, 3.05) is 12.3 Å². The number of nitrogens with zero attached hydrogens (tertiary/aromatic N) is 1. The van der Waals surface area contributed by atoms with Gasteiger partial charge < -0.3 is 9.73 Å². The lowest BCUT2D eigenvalue weighted by atomic mass is 10.0. The van der Waals surface area contributed by atoms with Gasteiger partial charge in [-0.25, -0.2) is 4.98 Å². The molecule has 1 heterocycles. The molecule has 2 rings (SSSR count). The van der Waals surface area contributed by atoms with Crippen LogP contribution in [0.1, 0.15) is 32.6 Å². The Hall–Kier alpha value is -0.480. The Kier molecular flexibility index (Phi) is 4.72. The van der Waals surface area contributed by atoms with Gasteiger partial charge in [0.05, 0.1) is 6.20 Å². The summed E-state index contributed by atoms with van der Waals surface area (Å²) in [5, 5.41) is 4.39. The Morgan fingerprint density at radius 1 is 1.56 bits per heavy atom. The Balaban J connectivity index is 1.69. The van der Waals surface area contributed by atoms with E-state index in [1.165, 1.54) is 25.7 Å². The summed E-state index contributed by atoms with van der Waals surface area (Å²) in [5.41, 5.74) is 0. The van der Waals surface area contributed by atoms with E-state index in [2.05, 4.69) is 17.2 Å². The van der Waals surface area contributed by atoms with E-state index in [1.807, 2.05) is 0 Å². The fraction of sp³-hybridized carbons (Fsp3) is 0.750. The van der Waals surface area contributed by atoms with Gasteiger partial charge in [-0.15, -0.1) is 0 Å². The molecular weight excluding hydrogens is 220 g/mol. The van der Waals surface area contributed by atoms with Crippen LogP contribution in [-0.4, -0.2) is 23.3 Å². The highest BCUT2D eigenvalue weighted by atomic mass is 32.2. The number of aromatic nitrogens is 1. The van der Waals surface area contributed by atoms with E-state index in [-0.39, 0.29) is 0 Å². The lowest BCUT2D eigenvalue weighted by Gasteiger charge is -2.19. The Labute approximate surface area is 101 Å². The number of hydrogen-bond donors (Lipinski definition) is 1. The SMILES string of the molecule is CCNC1CCCC1CCSc1ncco1. The standard InChI is InChI=1S/C12H20N2OS/c1-2-13-11-5-3-4-10(11)6-9-16-12-14-7-8-15-12/h7-8,10-11,13H,2-6,9H2,1H3. The molecule has 1 aromatic heterocycles. The Morgan fingerprint density at radius 2 is 2.50 bits per heavy atom. The molecule has 1 aliphatic rings. The summed E-state index contributed by atoms with van der Waals surface area (Å²) < 4.78 is 5.21. The first-order valence-corrected chi connectivity index (χ1v) is 7.14. The number of nitrogens with one attached hydrogen (secondary N) is 1. The summed E-state index contributed by atoms with van der Waals surface area (Å²) in [6.45, 7) is 3.28. The molecule has 0 radical (unpaired) electrons. The summed E-state index contributed by atoms with van der Waals surface area (Å²) in [5.74, 6) is 1.97. The van der Waals surface area contributed by atoms with E-state index in [0.717, 1.165) is 29.5 Å². The highest BCUT2D eigenvalue weighted by Crippen LogP contribution is 2.30. The lowest BCUT2D eigenvalue weighted by Crippen LogP contribution is -2.32. The predicted octanol–water partition coefficient (Wildman–Crippen LogP) is 2.94. The molecule has 90 valence electrons.